The van der Waals surface area contributed by atoms with E-state index in [2.05, 4.69) is 20.2 Å². The Morgan fingerprint density at radius 2 is 2.29 bits per heavy atom. The quantitative estimate of drug-likeness (QED) is 0.846. The summed E-state index contributed by atoms with van der Waals surface area (Å²) >= 11 is 0. The predicted octanol–water partition coefficient (Wildman–Crippen LogP) is 1.41. The van der Waals surface area contributed by atoms with Crippen LogP contribution < -0.4 is 4.74 Å². The first-order valence-corrected chi connectivity index (χ1v) is 5.33. The fraction of sp³-hybridized carbons (Fsp3) is 0.364. The van der Waals surface area contributed by atoms with E-state index in [0.29, 0.717) is 30.7 Å². The van der Waals surface area contributed by atoms with Gasteiger partial charge in [0.25, 0.3) is 0 Å². The maximum absolute atomic E-state index is 5.42. The number of methoxy groups -OCH3 is 1. The summed E-state index contributed by atoms with van der Waals surface area (Å²) in [5.74, 6) is 1.78. The first-order valence-electron chi connectivity index (χ1n) is 5.33. The summed E-state index contributed by atoms with van der Waals surface area (Å²) < 4.78 is 10.4. The lowest BCUT2D eigenvalue weighted by Gasteiger charge is -2.04. The number of aromatic nitrogens is 4. The van der Waals surface area contributed by atoms with E-state index in [-0.39, 0.29) is 0 Å². The maximum Gasteiger partial charge on any atom is 0.224 e. The largest absolute Gasteiger partial charge is 0.477 e. The van der Waals surface area contributed by atoms with Gasteiger partial charge in [0, 0.05) is 13.3 Å². The number of H-pyrrole nitrogens is 1. The number of pyridine rings is 1. The van der Waals surface area contributed by atoms with Crippen molar-refractivity contribution >= 4 is 0 Å². The van der Waals surface area contributed by atoms with Crippen LogP contribution in [0.1, 0.15) is 12.7 Å². The molecule has 0 saturated carbocycles. The zero-order valence-electron chi connectivity index (χ0n) is 9.80. The van der Waals surface area contributed by atoms with Crippen molar-refractivity contribution in [2.75, 3.05) is 13.7 Å². The first-order chi connectivity index (χ1) is 8.35. The summed E-state index contributed by atoms with van der Waals surface area (Å²) in [5.41, 5.74) is 0.771. The number of ether oxygens (including phenoxy) is 2. The van der Waals surface area contributed by atoms with Crippen molar-refractivity contribution in [2.24, 2.45) is 0 Å². The molecule has 2 rings (SSSR count). The monoisotopic (exact) mass is 234 g/mol. The van der Waals surface area contributed by atoms with Crippen LogP contribution in [0.4, 0.5) is 0 Å². The average Bonchev–Trinajstić information content (AvgIpc) is 2.79. The number of nitrogens with zero attached hydrogens (tertiary/aromatic N) is 3. The highest BCUT2D eigenvalue weighted by molar-refractivity contribution is 5.60. The van der Waals surface area contributed by atoms with E-state index >= 15 is 0 Å². The number of rotatable bonds is 5. The fourth-order valence-corrected chi connectivity index (χ4v) is 1.43. The Morgan fingerprint density at radius 1 is 1.41 bits per heavy atom. The highest BCUT2D eigenvalue weighted by Crippen LogP contribution is 2.24. The molecule has 0 spiro atoms. The van der Waals surface area contributed by atoms with Crippen LogP contribution in [0.2, 0.25) is 0 Å². The highest BCUT2D eigenvalue weighted by atomic mass is 16.5. The average molecular weight is 234 g/mol. The molecule has 0 aromatic carbocycles. The minimum absolute atomic E-state index is 0.400. The SMILES string of the molecule is CCOc1ncccc1-c1n[nH]c(COC)n1. The molecule has 6 nitrogen and oxygen atoms in total. The second-order valence-electron chi connectivity index (χ2n) is 3.33. The molecule has 0 aliphatic carbocycles. The molecule has 17 heavy (non-hydrogen) atoms. The van der Waals surface area contributed by atoms with Crippen molar-refractivity contribution in [3.8, 4) is 17.3 Å². The summed E-state index contributed by atoms with van der Waals surface area (Å²) in [4.78, 5) is 8.45. The Hall–Kier alpha value is -1.95. The Balaban J connectivity index is 2.31. The van der Waals surface area contributed by atoms with Crippen LogP contribution in [0.3, 0.4) is 0 Å². The highest BCUT2D eigenvalue weighted by Gasteiger charge is 2.12. The van der Waals surface area contributed by atoms with Crippen LogP contribution in [0.15, 0.2) is 18.3 Å². The van der Waals surface area contributed by atoms with E-state index in [1.807, 2.05) is 19.1 Å². The molecule has 90 valence electrons. The third-order valence-corrected chi connectivity index (χ3v) is 2.11. The predicted molar refractivity (Wildman–Crippen MR) is 61.5 cm³/mol. The molecule has 0 fully saturated rings. The zero-order chi connectivity index (χ0) is 12.1. The van der Waals surface area contributed by atoms with Gasteiger partial charge < -0.3 is 9.47 Å². The van der Waals surface area contributed by atoms with E-state index in [9.17, 15) is 0 Å². The van der Waals surface area contributed by atoms with Crippen LogP contribution >= 0.6 is 0 Å². The molecule has 0 aliphatic heterocycles. The molecule has 0 atom stereocenters. The summed E-state index contributed by atoms with van der Waals surface area (Å²) in [5, 5.41) is 6.92. The molecule has 2 heterocycles. The lowest BCUT2D eigenvalue weighted by atomic mass is 10.2. The van der Waals surface area contributed by atoms with Crippen LogP contribution in [0, 0.1) is 0 Å². The lowest BCUT2D eigenvalue weighted by Crippen LogP contribution is -1.97. The van der Waals surface area contributed by atoms with Gasteiger partial charge in [-0.3, -0.25) is 5.10 Å². The van der Waals surface area contributed by atoms with Crippen LogP contribution in [0.5, 0.6) is 5.88 Å². The summed E-state index contributed by atoms with van der Waals surface area (Å²) in [7, 11) is 1.61. The summed E-state index contributed by atoms with van der Waals surface area (Å²) in [6.45, 7) is 2.86. The molecule has 0 saturated heterocycles. The lowest BCUT2D eigenvalue weighted by molar-refractivity contribution is 0.178. The topological polar surface area (TPSA) is 72.9 Å². The molecule has 6 heteroatoms. The normalized spacial score (nSPS) is 10.5. The number of nitrogens with one attached hydrogen (secondary N) is 1. The Bertz CT molecular complexity index is 484. The maximum atomic E-state index is 5.42. The van der Waals surface area contributed by atoms with Gasteiger partial charge in [0.1, 0.15) is 6.61 Å². The smallest absolute Gasteiger partial charge is 0.224 e. The number of hydrogen-bond donors (Lipinski definition) is 1. The van der Waals surface area contributed by atoms with Crippen molar-refractivity contribution < 1.29 is 9.47 Å². The third-order valence-electron chi connectivity index (χ3n) is 2.11. The van der Waals surface area contributed by atoms with Gasteiger partial charge in [-0.2, -0.15) is 5.10 Å². The second kappa shape index (κ2) is 5.40. The Kier molecular flexibility index (Phi) is 3.66. The molecule has 0 bridgehead atoms. The van der Waals surface area contributed by atoms with Crippen molar-refractivity contribution in [2.45, 2.75) is 13.5 Å². The van der Waals surface area contributed by atoms with E-state index in [0.717, 1.165) is 5.56 Å². The van der Waals surface area contributed by atoms with Crippen LogP contribution in [-0.2, 0) is 11.3 Å². The van der Waals surface area contributed by atoms with E-state index in [1.165, 1.54) is 0 Å². The molecule has 2 aromatic heterocycles. The standard InChI is InChI=1S/C11H14N4O2/c1-3-17-11-8(5-4-6-12-11)10-13-9(7-16-2)14-15-10/h4-6H,3,7H2,1-2H3,(H,13,14,15). The molecule has 2 aromatic rings. The minimum Gasteiger partial charge on any atom is -0.477 e. The third kappa shape index (κ3) is 2.59. The second-order valence-corrected chi connectivity index (χ2v) is 3.33. The molecule has 0 aliphatic rings. The van der Waals surface area contributed by atoms with Gasteiger partial charge in [-0.25, -0.2) is 9.97 Å². The molecule has 0 amide bonds. The Labute approximate surface area is 99.0 Å². The van der Waals surface area contributed by atoms with Gasteiger partial charge in [-0.15, -0.1) is 0 Å². The van der Waals surface area contributed by atoms with Crippen molar-refractivity contribution in [1.82, 2.24) is 20.2 Å². The number of hydrogen-bond acceptors (Lipinski definition) is 5. The van der Waals surface area contributed by atoms with Crippen molar-refractivity contribution in [3.63, 3.8) is 0 Å². The zero-order valence-corrected chi connectivity index (χ0v) is 9.80. The van der Waals surface area contributed by atoms with Crippen LogP contribution in [0.25, 0.3) is 11.4 Å². The molecule has 0 unspecified atom stereocenters. The summed E-state index contributed by atoms with van der Waals surface area (Å²) in [6, 6.07) is 3.70. The van der Waals surface area contributed by atoms with Gasteiger partial charge in [-0.05, 0) is 19.1 Å². The van der Waals surface area contributed by atoms with E-state index < -0.39 is 0 Å². The molecular formula is C11H14N4O2. The van der Waals surface area contributed by atoms with Crippen LogP contribution in [-0.4, -0.2) is 33.9 Å². The van der Waals surface area contributed by atoms with Gasteiger partial charge in [0.15, 0.2) is 11.6 Å². The number of aromatic amines is 1. The fourth-order valence-electron chi connectivity index (χ4n) is 1.43. The van der Waals surface area contributed by atoms with Crippen molar-refractivity contribution in [3.05, 3.63) is 24.2 Å². The van der Waals surface area contributed by atoms with Gasteiger partial charge in [-0.1, -0.05) is 0 Å². The van der Waals surface area contributed by atoms with Gasteiger partial charge in [0.2, 0.25) is 5.88 Å². The molecule has 1 N–H and O–H groups in total. The minimum atomic E-state index is 0.400. The van der Waals surface area contributed by atoms with Gasteiger partial charge >= 0.3 is 0 Å². The molecule has 0 radical (unpaired) electrons. The van der Waals surface area contributed by atoms with Gasteiger partial charge in [0.05, 0.1) is 12.2 Å². The van der Waals surface area contributed by atoms with Crippen molar-refractivity contribution in [1.29, 1.82) is 0 Å². The van der Waals surface area contributed by atoms with E-state index in [1.54, 1.807) is 13.3 Å². The Morgan fingerprint density at radius 3 is 3.06 bits per heavy atom. The van der Waals surface area contributed by atoms with E-state index in [4.69, 9.17) is 9.47 Å². The summed E-state index contributed by atoms with van der Waals surface area (Å²) in [6.07, 6.45) is 1.68. The first kappa shape index (κ1) is 11.5. The molecular weight excluding hydrogens is 220 g/mol.